The molecule has 0 spiro atoms. The number of urea groups is 1. The second kappa shape index (κ2) is 12.4. The topological polar surface area (TPSA) is 73.9 Å². The van der Waals surface area contributed by atoms with Crippen LogP contribution in [0.2, 0.25) is 0 Å². The highest BCUT2D eigenvalue weighted by atomic mass is 19.2. The normalized spacial score (nSPS) is 19.0. The van der Waals surface area contributed by atoms with Gasteiger partial charge in [-0.3, -0.25) is 9.69 Å². The number of nitrogens with zero attached hydrogens (tertiary/aromatic N) is 2. The van der Waals surface area contributed by atoms with Crippen LogP contribution in [0, 0.1) is 17.5 Å². The molecule has 0 bridgehead atoms. The Labute approximate surface area is 220 Å². The zero-order valence-corrected chi connectivity index (χ0v) is 21.6. The fourth-order valence-corrected chi connectivity index (χ4v) is 5.10. The third kappa shape index (κ3) is 6.36. The van der Waals surface area contributed by atoms with Gasteiger partial charge in [0.15, 0.2) is 11.6 Å². The number of hydrogen-bond donors (Lipinski definition) is 2. The van der Waals surface area contributed by atoms with E-state index in [0.717, 1.165) is 51.0 Å². The molecule has 1 atom stereocenters. The lowest BCUT2D eigenvalue weighted by molar-refractivity contribution is -0.118. The third-order valence-corrected chi connectivity index (χ3v) is 7.25. The van der Waals surface area contributed by atoms with Crippen LogP contribution in [0.4, 0.5) is 18.0 Å². The lowest BCUT2D eigenvalue weighted by Gasteiger charge is -2.35. The molecule has 0 aliphatic carbocycles. The molecule has 204 valence electrons. The van der Waals surface area contributed by atoms with Crippen LogP contribution in [-0.2, 0) is 9.53 Å². The first-order valence-electron chi connectivity index (χ1n) is 12.8. The number of likely N-dealkylation sites (tertiary alicyclic amines) is 1. The van der Waals surface area contributed by atoms with E-state index < -0.39 is 29.6 Å². The van der Waals surface area contributed by atoms with Crippen molar-refractivity contribution in [3.8, 4) is 0 Å². The summed E-state index contributed by atoms with van der Waals surface area (Å²) in [7, 11) is 2.97. The number of hydrogen-bond acceptors (Lipinski definition) is 4. The van der Waals surface area contributed by atoms with E-state index in [1.807, 2.05) is 12.1 Å². The van der Waals surface area contributed by atoms with E-state index in [9.17, 15) is 22.8 Å². The average Bonchev–Trinajstić information content (AvgIpc) is 2.91. The maximum atomic E-state index is 14.0. The van der Waals surface area contributed by atoms with Crippen LogP contribution in [0.25, 0.3) is 0 Å². The van der Waals surface area contributed by atoms with Gasteiger partial charge in [0.05, 0.1) is 23.9 Å². The lowest BCUT2D eigenvalue weighted by Crippen LogP contribution is -2.49. The Balaban J connectivity index is 1.36. The Bertz CT molecular complexity index is 1180. The summed E-state index contributed by atoms with van der Waals surface area (Å²) in [5, 5.41) is 5.63. The summed E-state index contributed by atoms with van der Waals surface area (Å²) >= 11 is 0. The van der Waals surface area contributed by atoms with Gasteiger partial charge in [0, 0.05) is 20.7 Å². The van der Waals surface area contributed by atoms with Crippen molar-refractivity contribution in [3.63, 3.8) is 0 Å². The number of likely N-dealkylation sites (N-methyl/N-ethyl adjacent to an activating group) is 1. The summed E-state index contributed by atoms with van der Waals surface area (Å²) in [6.45, 7) is 3.06. The summed E-state index contributed by atoms with van der Waals surface area (Å²) in [5.41, 5.74) is 2.00. The number of benzene rings is 2. The number of carbonyl (C=O) groups is 2. The number of halogens is 3. The van der Waals surface area contributed by atoms with Crippen LogP contribution in [0.15, 0.2) is 53.7 Å². The molecule has 1 saturated heterocycles. The van der Waals surface area contributed by atoms with Gasteiger partial charge in [-0.15, -0.1) is 0 Å². The third-order valence-electron chi connectivity index (χ3n) is 7.25. The molecule has 1 fully saturated rings. The predicted octanol–water partition coefficient (Wildman–Crippen LogP) is 4.09. The second-order valence-electron chi connectivity index (χ2n) is 9.69. The molecular formula is C28H33F3N4O3. The minimum absolute atomic E-state index is 0.00412. The Hall–Kier alpha value is -3.37. The Morgan fingerprint density at radius 2 is 1.74 bits per heavy atom. The summed E-state index contributed by atoms with van der Waals surface area (Å²) in [6.07, 6.45) is 2.71. The van der Waals surface area contributed by atoms with Crippen LogP contribution in [-0.4, -0.2) is 68.7 Å². The van der Waals surface area contributed by atoms with Crippen molar-refractivity contribution in [2.24, 2.45) is 0 Å². The van der Waals surface area contributed by atoms with Crippen molar-refractivity contribution in [1.82, 2.24) is 20.4 Å². The van der Waals surface area contributed by atoms with E-state index in [4.69, 9.17) is 4.74 Å². The molecule has 0 saturated carbocycles. The molecule has 7 nitrogen and oxygen atoms in total. The number of rotatable bonds is 9. The average molecular weight is 531 g/mol. The van der Waals surface area contributed by atoms with Gasteiger partial charge in [-0.05, 0) is 80.2 Å². The van der Waals surface area contributed by atoms with Crippen molar-refractivity contribution >= 4 is 11.9 Å². The summed E-state index contributed by atoms with van der Waals surface area (Å²) in [4.78, 5) is 29.5. The largest absolute Gasteiger partial charge is 0.378 e. The van der Waals surface area contributed by atoms with Gasteiger partial charge in [-0.25, -0.2) is 18.0 Å². The smallest absolute Gasteiger partial charge is 0.322 e. The van der Waals surface area contributed by atoms with E-state index in [2.05, 4.69) is 15.5 Å². The quantitative estimate of drug-likeness (QED) is 0.479. The first-order chi connectivity index (χ1) is 18.3. The number of methoxy groups -OCH3 is 1. The molecule has 10 heteroatoms. The monoisotopic (exact) mass is 530 g/mol. The number of nitrogens with one attached hydrogen (secondary N) is 2. The summed E-state index contributed by atoms with van der Waals surface area (Å²) in [6, 6.07) is 8.60. The van der Waals surface area contributed by atoms with Crippen molar-refractivity contribution < 1.29 is 27.5 Å². The van der Waals surface area contributed by atoms with E-state index in [-0.39, 0.29) is 23.6 Å². The van der Waals surface area contributed by atoms with Gasteiger partial charge < -0.3 is 20.3 Å². The molecule has 2 aliphatic rings. The molecule has 38 heavy (non-hydrogen) atoms. The minimum atomic E-state index is -1.06. The SMILES string of the molecule is COCC1=C(C(=O)NCCCN2CCC(c3ccc(F)cc3)CC2)C(c2ccc(F)c(F)c2)NC(=O)N1C. The van der Waals surface area contributed by atoms with Crippen molar-refractivity contribution in [2.75, 3.05) is 46.9 Å². The predicted molar refractivity (Wildman–Crippen MR) is 137 cm³/mol. The fraction of sp³-hybridized carbons (Fsp3) is 0.429. The summed E-state index contributed by atoms with van der Waals surface area (Å²) < 4.78 is 46.0. The highest BCUT2D eigenvalue weighted by Gasteiger charge is 2.36. The van der Waals surface area contributed by atoms with Crippen molar-refractivity contribution in [3.05, 3.63) is 82.3 Å². The molecular weight excluding hydrogens is 497 g/mol. The number of amides is 3. The Morgan fingerprint density at radius 3 is 2.39 bits per heavy atom. The van der Waals surface area contributed by atoms with E-state index in [1.54, 1.807) is 0 Å². The lowest BCUT2D eigenvalue weighted by atomic mass is 9.89. The van der Waals surface area contributed by atoms with Crippen molar-refractivity contribution in [1.29, 1.82) is 0 Å². The maximum Gasteiger partial charge on any atom is 0.322 e. The molecule has 4 rings (SSSR count). The van der Waals surface area contributed by atoms with Crippen LogP contribution in [0.5, 0.6) is 0 Å². The Kier molecular flexibility index (Phi) is 9.06. The van der Waals surface area contributed by atoms with E-state index >= 15 is 0 Å². The van der Waals surface area contributed by atoms with E-state index in [1.165, 1.54) is 42.8 Å². The zero-order chi connectivity index (χ0) is 27.2. The molecule has 0 radical (unpaired) electrons. The first kappa shape index (κ1) is 27.7. The van der Waals surface area contributed by atoms with Crippen LogP contribution >= 0.6 is 0 Å². The molecule has 1 unspecified atom stereocenters. The van der Waals surface area contributed by atoms with Gasteiger partial charge >= 0.3 is 6.03 Å². The van der Waals surface area contributed by atoms with Gasteiger partial charge in [0.25, 0.3) is 5.91 Å². The van der Waals surface area contributed by atoms with Crippen LogP contribution < -0.4 is 10.6 Å². The maximum absolute atomic E-state index is 14.0. The second-order valence-corrected chi connectivity index (χ2v) is 9.69. The molecule has 2 aromatic carbocycles. The molecule has 2 aromatic rings. The van der Waals surface area contributed by atoms with Gasteiger partial charge in [0.1, 0.15) is 5.82 Å². The minimum Gasteiger partial charge on any atom is -0.378 e. The van der Waals surface area contributed by atoms with Crippen LogP contribution in [0.1, 0.15) is 42.3 Å². The van der Waals surface area contributed by atoms with Crippen molar-refractivity contribution in [2.45, 2.75) is 31.2 Å². The van der Waals surface area contributed by atoms with E-state index in [0.29, 0.717) is 18.2 Å². The molecule has 0 aromatic heterocycles. The summed E-state index contributed by atoms with van der Waals surface area (Å²) in [5.74, 6) is -2.29. The van der Waals surface area contributed by atoms with Crippen LogP contribution in [0.3, 0.4) is 0 Å². The first-order valence-corrected chi connectivity index (χ1v) is 12.8. The number of carbonyl (C=O) groups excluding carboxylic acids is 2. The van der Waals surface area contributed by atoms with Gasteiger partial charge in [-0.2, -0.15) is 0 Å². The number of ether oxygens (including phenoxy) is 1. The zero-order valence-electron chi connectivity index (χ0n) is 21.6. The Morgan fingerprint density at radius 1 is 1.05 bits per heavy atom. The highest BCUT2D eigenvalue weighted by molar-refractivity contribution is 5.98. The fourth-order valence-electron chi connectivity index (χ4n) is 5.10. The van der Waals surface area contributed by atoms with Gasteiger partial charge in [0.2, 0.25) is 0 Å². The van der Waals surface area contributed by atoms with Gasteiger partial charge in [-0.1, -0.05) is 18.2 Å². The molecule has 2 aliphatic heterocycles. The molecule has 3 amide bonds. The number of piperidine rings is 1. The standard InChI is InChI=1S/C28H33F3N4O3/c1-34-24(17-38-2)25(26(33-28(34)37)20-6-9-22(30)23(31)16-20)27(36)32-12-3-13-35-14-10-19(11-15-35)18-4-7-21(29)8-5-18/h4-9,16,19,26H,3,10-15,17H2,1-2H3,(H,32,36)(H,33,37). The highest BCUT2D eigenvalue weighted by Crippen LogP contribution is 2.31. The molecule has 2 heterocycles. The molecule has 2 N–H and O–H groups in total.